The van der Waals surface area contributed by atoms with Crippen molar-refractivity contribution in [3.05, 3.63) is 0 Å². The van der Waals surface area contributed by atoms with E-state index in [9.17, 15) is 0 Å². The summed E-state index contributed by atoms with van der Waals surface area (Å²) in [5.41, 5.74) is 6.13. The normalized spacial score (nSPS) is 45.9. The maximum absolute atomic E-state index is 5.54. The van der Waals surface area contributed by atoms with Crippen molar-refractivity contribution in [2.75, 3.05) is 19.8 Å². The van der Waals surface area contributed by atoms with E-state index in [1.54, 1.807) is 0 Å². The molecule has 2 N–H and O–H groups in total. The first-order valence-electron chi connectivity index (χ1n) is 4.12. The highest BCUT2D eigenvalue weighted by Crippen LogP contribution is 2.50. The van der Waals surface area contributed by atoms with Crippen molar-refractivity contribution in [2.45, 2.75) is 19.3 Å². The van der Waals surface area contributed by atoms with Crippen LogP contribution in [0.3, 0.4) is 0 Å². The fraction of sp³-hybridized carbons (Fsp3) is 1.00. The van der Waals surface area contributed by atoms with Gasteiger partial charge in [0.1, 0.15) is 0 Å². The molecule has 0 aromatic heterocycles. The molecular weight excluding hydrogens is 126 g/mol. The molecule has 2 nitrogen and oxygen atoms in total. The molecule has 2 heteroatoms. The number of nitrogens with two attached hydrogens (primary N) is 1. The number of ether oxygens (including phenoxy) is 1. The average Bonchev–Trinajstić information content (AvgIpc) is 2.30. The van der Waals surface area contributed by atoms with Gasteiger partial charge in [-0.15, -0.1) is 0 Å². The lowest BCUT2D eigenvalue weighted by atomic mass is 9.62. The SMILES string of the molecule is NCC1CC2(CCOC2)C1. The van der Waals surface area contributed by atoms with Crippen LogP contribution in [0.4, 0.5) is 0 Å². The topological polar surface area (TPSA) is 35.2 Å². The standard InChI is InChI=1S/C8H15NO/c9-5-7-3-8(4-7)1-2-10-6-8/h7H,1-6,9H2. The van der Waals surface area contributed by atoms with Gasteiger partial charge in [0, 0.05) is 6.61 Å². The van der Waals surface area contributed by atoms with Crippen LogP contribution in [-0.2, 0) is 4.74 Å². The first-order chi connectivity index (χ1) is 4.85. The summed E-state index contributed by atoms with van der Waals surface area (Å²) < 4.78 is 5.35. The third-order valence-corrected chi connectivity index (χ3v) is 2.96. The molecule has 0 bridgehead atoms. The second-order valence-electron chi connectivity index (χ2n) is 3.81. The van der Waals surface area contributed by atoms with Crippen LogP contribution in [0.25, 0.3) is 0 Å². The molecule has 0 unspecified atom stereocenters. The third-order valence-electron chi connectivity index (χ3n) is 2.96. The summed E-state index contributed by atoms with van der Waals surface area (Å²) in [7, 11) is 0. The summed E-state index contributed by atoms with van der Waals surface area (Å²) in [4.78, 5) is 0. The van der Waals surface area contributed by atoms with E-state index in [-0.39, 0.29) is 0 Å². The van der Waals surface area contributed by atoms with Gasteiger partial charge in [-0.3, -0.25) is 0 Å². The van der Waals surface area contributed by atoms with Crippen LogP contribution in [0.1, 0.15) is 19.3 Å². The molecule has 1 saturated carbocycles. The molecule has 1 spiro atoms. The van der Waals surface area contributed by atoms with E-state index in [0.717, 1.165) is 25.7 Å². The Bertz CT molecular complexity index is 121. The lowest BCUT2D eigenvalue weighted by Crippen LogP contribution is -2.40. The molecule has 0 radical (unpaired) electrons. The molecule has 1 saturated heterocycles. The van der Waals surface area contributed by atoms with E-state index in [2.05, 4.69) is 0 Å². The predicted molar refractivity (Wildman–Crippen MR) is 39.6 cm³/mol. The van der Waals surface area contributed by atoms with Crippen LogP contribution < -0.4 is 5.73 Å². The zero-order chi connectivity index (χ0) is 7.03. The summed E-state index contributed by atoms with van der Waals surface area (Å²) in [5.74, 6) is 0.807. The second-order valence-corrected chi connectivity index (χ2v) is 3.81. The molecule has 2 fully saturated rings. The minimum atomic E-state index is 0.587. The first kappa shape index (κ1) is 6.62. The van der Waals surface area contributed by atoms with Crippen molar-refractivity contribution in [1.29, 1.82) is 0 Å². The third kappa shape index (κ3) is 0.867. The van der Waals surface area contributed by atoms with Gasteiger partial charge < -0.3 is 10.5 Å². The fourth-order valence-corrected chi connectivity index (χ4v) is 2.30. The van der Waals surface area contributed by atoms with Gasteiger partial charge in [0.2, 0.25) is 0 Å². The summed E-state index contributed by atoms with van der Waals surface area (Å²) in [6, 6.07) is 0. The van der Waals surface area contributed by atoms with Crippen molar-refractivity contribution >= 4 is 0 Å². The zero-order valence-corrected chi connectivity index (χ0v) is 6.31. The molecule has 0 aromatic rings. The average molecular weight is 141 g/mol. The van der Waals surface area contributed by atoms with Crippen molar-refractivity contribution in [1.82, 2.24) is 0 Å². The van der Waals surface area contributed by atoms with Gasteiger partial charge in [-0.05, 0) is 37.1 Å². The zero-order valence-electron chi connectivity index (χ0n) is 6.31. The lowest BCUT2D eigenvalue weighted by Gasteiger charge is -2.43. The van der Waals surface area contributed by atoms with E-state index in [1.807, 2.05) is 0 Å². The van der Waals surface area contributed by atoms with E-state index < -0.39 is 0 Å². The molecule has 0 atom stereocenters. The van der Waals surface area contributed by atoms with E-state index >= 15 is 0 Å². The van der Waals surface area contributed by atoms with E-state index in [4.69, 9.17) is 10.5 Å². The van der Waals surface area contributed by atoms with Crippen LogP contribution in [0.5, 0.6) is 0 Å². The Morgan fingerprint density at radius 2 is 2.30 bits per heavy atom. The van der Waals surface area contributed by atoms with Crippen molar-refractivity contribution in [3.63, 3.8) is 0 Å². The van der Waals surface area contributed by atoms with Gasteiger partial charge in [0.25, 0.3) is 0 Å². The Morgan fingerprint density at radius 3 is 2.80 bits per heavy atom. The summed E-state index contributed by atoms with van der Waals surface area (Å²) in [5, 5.41) is 0. The molecule has 10 heavy (non-hydrogen) atoms. The Labute approximate surface area is 61.7 Å². The van der Waals surface area contributed by atoms with Gasteiger partial charge in [-0.2, -0.15) is 0 Å². The Morgan fingerprint density at radius 1 is 1.50 bits per heavy atom. The highest BCUT2D eigenvalue weighted by molar-refractivity contribution is 4.96. The van der Waals surface area contributed by atoms with Gasteiger partial charge in [-0.1, -0.05) is 0 Å². The highest BCUT2D eigenvalue weighted by Gasteiger charge is 2.45. The molecule has 1 heterocycles. The van der Waals surface area contributed by atoms with Crippen LogP contribution >= 0.6 is 0 Å². The van der Waals surface area contributed by atoms with Gasteiger partial charge >= 0.3 is 0 Å². The second kappa shape index (κ2) is 2.21. The number of hydrogen-bond donors (Lipinski definition) is 1. The Hall–Kier alpha value is -0.0800. The number of hydrogen-bond acceptors (Lipinski definition) is 2. The van der Waals surface area contributed by atoms with Crippen molar-refractivity contribution in [3.8, 4) is 0 Å². The molecule has 2 rings (SSSR count). The first-order valence-corrected chi connectivity index (χ1v) is 4.12. The summed E-state index contributed by atoms with van der Waals surface area (Å²) in [6.07, 6.45) is 3.93. The molecular formula is C8H15NO. The molecule has 2 aliphatic rings. The molecule has 58 valence electrons. The van der Waals surface area contributed by atoms with Crippen molar-refractivity contribution in [2.24, 2.45) is 17.1 Å². The molecule has 1 aliphatic heterocycles. The maximum Gasteiger partial charge on any atom is 0.0523 e. The monoisotopic (exact) mass is 141 g/mol. The number of rotatable bonds is 1. The Kier molecular flexibility index (Phi) is 1.46. The molecule has 0 amide bonds. The van der Waals surface area contributed by atoms with Gasteiger partial charge in [-0.25, -0.2) is 0 Å². The quantitative estimate of drug-likeness (QED) is 0.585. The van der Waals surface area contributed by atoms with Gasteiger partial charge in [0.15, 0.2) is 0 Å². The fourth-order valence-electron chi connectivity index (χ4n) is 2.30. The molecule has 0 aromatic carbocycles. The van der Waals surface area contributed by atoms with Crippen LogP contribution in [0.2, 0.25) is 0 Å². The summed E-state index contributed by atoms with van der Waals surface area (Å²) in [6.45, 7) is 2.86. The van der Waals surface area contributed by atoms with Crippen LogP contribution in [-0.4, -0.2) is 19.8 Å². The Balaban J connectivity index is 1.86. The summed E-state index contributed by atoms with van der Waals surface area (Å²) >= 11 is 0. The van der Waals surface area contributed by atoms with Gasteiger partial charge in [0.05, 0.1) is 6.61 Å². The highest BCUT2D eigenvalue weighted by atomic mass is 16.5. The van der Waals surface area contributed by atoms with Crippen molar-refractivity contribution < 1.29 is 4.74 Å². The maximum atomic E-state index is 5.54. The molecule has 1 aliphatic carbocycles. The van der Waals surface area contributed by atoms with Crippen LogP contribution in [0.15, 0.2) is 0 Å². The van der Waals surface area contributed by atoms with E-state index in [0.29, 0.717) is 5.41 Å². The minimum absolute atomic E-state index is 0.587. The predicted octanol–water partition coefficient (Wildman–Crippen LogP) is 0.762. The van der Waals surface area contributed by atoms with E-state index in [1.165, 1.54) is 19.3 Å². The minimum Gasteiger partial charge on any atom is -0.381 e. The lowest BCUT2D eigenvalue weighted by molar-refractivity contribution is 0.0421. The smallest absolute Gasteiger partial charge is 0.0523 e. The largest absolute Gasteiger partial charge is 0.381 e. The van der Waals surface area contributed by atoms with Crippen LogP contribution in [0, 0.1) is 11.3 Å².